The van der Waals surface area contributed by atoms with E-state index in [1.54, 1.807) is 24.3 Å². The minimum absolute atomic E-state index is 0.0115. The average molecular weight is 370 g/mol. The topological polar surface area (TPSA) is 84.5 Å². The van der Waals surface area contributed by atoms with Gasteiger partial charge in [0.15, 0.2) is 6.61 Å². The molecule has 0 aromatic heterocycles. The first kappa shape index (κ1) is 18.0. The third-order valence-electron chi connectivity index (χ3n) is 6.33. The third-order valence-corrected chi connectivity index (χ3v) is 6.33. The zero-order valence-corrected chi connectivity index (χ0v) is 15.6. The molecule has 0 aliphatic heterocycles. The van der Waals surface area contributed by atoms with Crippen LogP contribution in [0.25, 0.3) is 0 Å². The minimum Gasteiger partial charge on any atom is -0.455 e. The Balaban J connectivity index is 1.27. The summed E-state index contributed by atoms with van der Waals surface area (Å²) in [5.41, 5.74) is 1.26. The fourth-order valence-electron chi connectivity index (χ4n) is 5.58. The number of nitrogens with one attached hydrogen (secondary N) is 2. The molecule has 4 bridgehead atoms. The van der Waals surface area contributed by atoms with Gasteiger partial charge in [-0.1, -0.05) is 0 Å². The van der Waals surface area contributed by atoms with Crippen molar-refractivity contribution < 1.29 is 19.1 Å². The van der Waals surface area contributed by atoms with E-state index in [-0.39, 0.29) is 30.3 Å². The zero-order chi connectivity index (χ0) is 19.0. The molecule has 0 saturated heterocycles. The number of rotatable bonds is 5. The smallest absolute Gasteiger partial charge is 0.310 e. The van der Waals surface area contributed by atoms with Crippen LogP contribution in [0.15, 0.2) is 24.3 Å². The van der Waals surface area contributed by atoms with Crippen molar-refractivity contribution in [1.29, 1.82) is 0 Å². The van der Waals surface area contributed by atoms with Gasteiger partial charge in [0.2, 0.25) is 5.91 Å². The number of carbonyl (C=O) groups excluding carboxylic acids is 3. The molecule has 6 heteroatoms. The SMILES string of the molecule is CC(=O)Nc1ccc(NC(=O)COC(=O)C2C3CC4CC(C3)CC2C4)cc1. The lowest BCUT2D eigenvalue weighted by atomic mass is 9.52. The molecule has 4 fully saturated rings. The summed E-state index contributed by atoms with van der Waals surface area (Å²) in [5, 5.41) is 5.38. The average Bonchev–Trinajstić information content (AvgIpc) is 2.60. The van der Waals surface area contributed by atoms with Crippen LogP contribution in [0.2, 0.25) is 0 Å². The number of anilines is 2. The molecule has 0 radical (unpaired) electrons. The van der Waals surface area contributed by atoms with Gasteiger partial charge in [0.25, 0.3) is 5.91 Å². The Labute approximate surface area is 159 Å². The standard InChI is InChI=1S/C21H26N2O4/c1-12(24)22-17-2-4-18(5-3-17)23-19(25)11-27-21(26)20-15-7-13-6-14(9-15)10-16(20)8-13/h2-5,13-16,20H,6-11H2,1H3,(H,22,24)(H,23,25). The van der Waals surface area contributed by atoms with E-state index in [9.17, 15) is 14.4 Å². The molecule has 144 valence electrons. The van der Waals surface area contributed by atoms with Crippen molar-refractivity contribution >= 4 is 29.2 Å². The van der Waals surface area contributed by atoms with Crippen LogP contribution in [-0.2, 0) is 19.1 Å². The molecular formula is C21H26N2O4. The van der Waals surface area contributed by atoms with Crippen molar-refractivity contribution in [2.75, 3.05) is 17.2 Å². The number of ether oxygens (including phenoxy) is 1. The molecule has 1 aromatic rings. The lowest BCUT2D eigenvalue weighted by Crippen LogP contribution is -2.48. The van der Waals surface area contributed by atoms with Crippen LogP contribution in [0.4, 0.5) is 11.4 Å². The maximum atomic E-state index is 12.6. The number of amides is 2. The maximum Gasteiger partial charge on any atom is 0.310 e. The Bertz CT molecular complexity index is 715. The van der Waals surface area contributed by atoms with Crippen molar-refractivity contribution in [2.24, 2.45) is 29.6 Å². The zero-order valence-electron chi connectivity index (χ0n) is 15.6. The molecule has 1 aromatic carbocycles. The maximum absolute atomic E-state index is 12.6. The van der Waals surface area contributed by atoms with Gasteiger partial charge in [-0.3, -0.25) is 14.4 Å². The molecular weight excluding hydrogens is 344 g/mol. The van der Waals surface area contributed by atoms with E-state index in [1.807, 2.05) is 0 Å². The summed E-state index contributed by atoms with van der Waals surface area (Å²) < 4.78 is 5.37. The molecule has 4 aliphatic rings. The molecule has 0 unspecified atom stereocenters. The highest BCUT2D eigenvalue weighted by atomic mass is 16.5. The van der Waals surface area contributed by atoms with Gasteiger partial charge in [-0.2, -0.15) is 0 Å². The lowest BCUT2D eigenvalue weighted by Gasteiger charge is -2.53. The molecule has 6 nitrogen and oxygen atoms in total. The van der Waals surface area contributed by atoms with Crippen LogP contribution in [0.1, 0.15) is 39.0 Å². The molecule has 2 N–H and O–H groups in total. The fourth-order valence-corrected chi connectivity index (χ4v) is 5.58. The molecule has 0 spiro atoms. The second-order valence-corrected chi connectivity index (χ2v) is 8.37. The van der Waals surface area contributed by atoms with E-state index in [2.05, 4.69) is 10.6 Å². The van der Waals surface area contributed by atoms with Crippen LogP contribution < -0.4 is 10.6 Å². The van der Waals surface area contributed by atoms with Crippen molar-refractivity contribution in [3.8, 4) is 0 Å². The lowest BCUT2D eigenvalue weighted by molar-refractivity contribution is -0.164. The predicted octanol–water partition coefficient (Wildman–Crippen LogP) is 3.20. The van der Waals surface area contributed by atoms with Gasteiger partial charge in [-0.05, 0) is 80.0 Å². The number of hydrogen-bond donors (Lipinski definition) is 2. The van der Waals surface area contributed by atoms with Crippen molar-refractivity contribution in [1.82, 2.24) is 0 Å². The summed E-state index contributed by atoms with van der Waals surface area (Å²) in [6.45, 7) is 1.18. The first-order valence-corrected chi connectivity index (χ1v) is 9.82. The minimum atomic E-state index is -0.348. The Morgan fingerprint density at radius 2 is 1.41 bits per heavy atom. The van der Waals surface area contributed by atoms with E-state index in [1.165, 1.54) is 13.3 Å². The van der Waals surface area contributed by atoms with Crippen LogP contribution >= 0.6 is 0 Å². The van der Waals surface area contributed by atoms with Crippen LogP contribution in [0.5, 0.6) is 0 Å². The van der Waals surface area contributed by atoms with E-state index in [0.717, 1.165) is 37.5 Å². The summed E-state index contributed by atoms with van der Waals surface area (Å²) in [6, 6.07) is 6.81. The molecule has 27 heavy (non-hydrogen) atoms. The van der Waals surface area contributed by atoms with E-state index >= 15 is 0 Å². The highest BCUT2D eigenvalue weighted by Crippen LogP contribution is 2.56. The van der Waals surface area contributed by atoms with Crippen molar-refractivity contribution in [3.63, 3.8) is 0 Å². The predicted molar refractivity (Wildman–Crippen MR) is 101 cm³/mol. The van der Waals surface area contributed by atoms with Crippen LogP contribution in [0.3, 0.4) is 0 Å². The molecule has 0 heterocycles. The first-order valence-electron chi connectivity index (χ1n) is 9.82. The summed E-state index contributed by atoms with van der Waals surface area (Å²) in [5.74, 6) is 1.82. The van der Waals surface area contributed by atoms with Crippen LogP contribution in [-0.4, -0.2) is 24.4 Å². The summed E-state index contributed by atoms with van der Waals surface area (Å²) in [4.78, 5) is 35.7. The molecule has 4 saturated carbocycles. The van der Waals surface area contributed by atoms with Gasteiger partial charge < -0.3 is 15.4 Å². The second kappa shape index (κ2) is 7.33. The van der Waals surface area contributed by atoms with E-state index < -0.39 is 0 Å². The summed E-state index contributed by atoms with van der Waals surface area (Å²) in [6.07, 6.45) is 5.95. The van der Waals surface area contributed by atoms with Gasteiger partial charge in [-0.25, -0.2) is 0 Å². The molecule has 5 rings (SSSR count). The number of carbonyl (C=O) groups is 3. The van der Waals surface area contributed by atoms with Gasteiger partial charge in [0.1, 0.15) is 0 Å². The quantitative estimate of drug-likeness (QED) is 0.780. The summed E-state index contributed by atoms with van der Waals surface area (Å²) in [7, 11) is 0. The molecule has 0 atom stereocenters. The van der Waals surface area contributed by atoms with E-state index in [4.69, 9.17) is 4.74 Å². The number of esters is 1. The Morgan fingerprint density at radius 1 is 0.889 bits per heavy atom. The highest BCUT2D eigenvalue weighted by molar-refractivity contribution is 5.93. The monoisotopic (exact) mass is 370 g/mol. The molecule has 2 amide bonds. The Morgan fingerprint density at radius 3 is 1.93 bits per heavy atom. The number of hydrogen-bond acceptors (Lipinski definition) is 4. The number of benzene rings is 1. The van der Waals surface area contributed by atoms with Gasteiger partial charge >= 0.3 is 5.97 Å². The molecule has 4 aliphatic carbocycles. The van der Waals surface area contributed by atoms with Gasteiger partial charge in [0, 0.05) is 18.3 Å². The highest BCUT2D eigenvalue weighted by Gasteiger charge is 2.51. The van der Waals surface area contributed by atoms with Gasteiger partial charge in [-0.15, -0.1) is 0 Å². The van der Waals surface area contributed by atoms with Crippen molar-refractivity contribution in [2.45, 2.75) is 39.0 Å². The van der Waals surface area contributed by atoms with Gasteiger partial charge in [0.05, 0.1) is 5.92 Å². The summed E-state index contributed by atoms with van der Waals surface area (Å²) >= 11 is 0. The first-order chi connectivity index (χ1) is 13.0. The third kappa shape index (κ3) is 3.99. The van der Waals surface area contributed by atoms with E-state index in [0.29, 0.717) is 23.2 Å². The largest absolute Gasteiger partial charge is 0.455 e. The second-order valence-electron chi connectivity index (χ2n) is 8.37. The Kier molecular flexibility index (Phi) is 4.89. The Hall–Kier alpha value is -2.37. The van der Waals surface area contributed by atoms with Crippen LogP contribution in [0, 0.1) is 29.6 Å². The fraction of sp³-hybridized carbons (Fsp3) is 0.571. The normalized spacial score (nSPS) is 30.6. The van der Waals surface area contributed by atoms with Crippen molar-refractivity contribution in [3.05, 3.63) is 24.3 Å².